The third-order valence-corrected chi connectivity index (χ3v) is 8.56. The van der Waals surface area contributed by atoms with Gasteiger partial charge >= 0.3 is 0 Å². The molecule has 1 fully saturated rings. The lowest BCUT2D eigenvalue weighted by atomic mass is 10.1. The second-order valence-corrected chi connectivity index (χ2v) is 12.5. The first-order valence-electron chi connectivity index (χ1n) is 12.4. The van der Waals surface area contributed by atoms with Gasteiger partial charge in [0.15, 0.2) is 5.78 Å². The summed E-state index contributed by atoms with van der Waals surface area (Å²) in [5, 5.41) is 1.02. The summed E-state index contributed by atoms with van der Waals surface area (Å²) in [5.74, 6) is 0.506. The highest BCUT2D eigenvalue weighted by molar-refractivity contribution is 7.88. The van der Waals surface area contributed by atoms with Gasteiger partial charge in [0.1, 0.15) is 12.4 Å². The van der Waals surface area contributed by atoms with Crippen LogP contribution in [0.15, 0.2) is 66.2 Å². The van der Waals surface area contributed by atoms with Gasteiger partial charge in [-0.25, -0.2) is 8.42 Å². The van der Waals surface area contributed by atoms with Gasteiger partial charge in [0.2, 0.25) is 10.0 Å². The number of halogens is 2. The van der Waals surface area contributed by atoms with Gasteiger partial charge in [-0.2, -0.15) is 4.31 Å². The summed E-state index contributed by atoms with van der Waals surface area (Å²) in [5.41, 5.74) is 4.43. The maximum Gasteiger partial charge on any atom is 0.253 e. The number of sulfonamides is 1. The minimum atomic E-state index is -3.25. The smallest absolute Gasteiger partial charge is 0.253 e. The molecular formula is C29H26Cl2N2O5S. The molecule has 0 saturated carbocycles. The standard InChI is InChI=1S/C29H26Cl2N2O5S/c1-39(36,37)33-10-8-32(9-11-33)29(35)21-4-2-19(3-5-21)18-38-26-6-7-27-22(16-26)15-23(28(27)34)12-20-13-24(30)17-25(31)14-20/h2-7,12-14,16-17H,8-11,15,18H2,1H3/b23-12+. The van der Waals surface area contributed by atoms with Crippen molar-refractivity contribution in [3.63, 3.8) is 0 Å². The van der Waals surface area contributed by atoms with Crippen molar-refractivity contribution >= 4 is 51.0 Å². The van der Waals surface area contributed by atoms with Crippen LogP contribution in [0, 0.1) is 0 Å². The number of hydrogen-bond acceptors (Lipinski definition) is 5. The van der Waals surface area contributed by atoms with Crippen molar-refractivity contribution < 1.29 is 22.7 Å². The summed E-state index contributed by atoms with van der Waals surface area (Å²) in [6.45, 7) is 1.63. The fourth-order valence-electron chi connectivity index (χ4n) is 4.78. The van der Waals surface area contributed by atoms with E-state index in [4.69, 9.17) is 27.9 Å². The second kappa shape index (κ2) is 11.1. The van der Waals surface area contributed by atoms with Gasteiger partial charge < -0.3 is 9.64 Å². The zero-order valence-corrected chi connectivity index (χ0v) is 23.5. The van der Waals surface area contributed by atoms with Gasteiger partial charge in [0, 0.05) is 59.3 Å². The minimum Gasteiger partial charge on any atom is -0.489 e. The molecule has 39 heavy (non-hydrogen) atoms. The van der Waals surface area contributed by atoms with E-state index in [0.717, 1.165) is 16.7 Å². The van der Waals surface area contributed by atoms with Crippen molar-refractivity contribution in [2.24, 2.45) is 0 Å². The molecule has 7 nitrogen and oxygen atoms in total. The number of nitrogens with zero attached hydrogens (tertiary/aromatic N) is 2. The molecule has 0 unspecified atom stereocenters. The maximum atomic E-state index is 12.9. The van der Waals surface area contributed by atoms with E-state index < -0.39 is 10.0 Å². The predicted octanol–water partition coefficient (Wildman–Crippen LogP) is 5.11. The molecule has 1 heterocycles. The molecule has 0 aromatic heterocycles. The summed E-state index contributed by atoms with van der Waals surface area (Å²) in [7, 11) is -3.25. The minimum absolute atomic E-state index is 0.0226. The molecule has 0 N–H and O–H groups in total. The lowest BCUT2D eigenvalue weighted by Gasteiger charge is -2.33. The number of piperazine rings is 1. The van der Waals surface area contributed by atoms with Crippen LogP contribution >= 0.6 is 23.2 Å². The van der Waals surface area contributed by atoms with Crippen LogP contribution in [0.5, 0.6) is 5.75 Å². The van der Waals surface area contributed by atoms with Crippen LogP contribution in [-0.4, -0.2) is 61.7 Å². The fraction of sp³-hybridized carbons (Fsp3) is 0.241. The number of ketones is 1. The monoisotopic (exact) mass is 584 g/mol. The highest BCUT2D eigenvalue weighted by atomic mass is 35.5. The molecule has 1 aliphatic carbocycles. The van der Waals surface area contributed by atoms with E-state index in [9.17, 15) is 18.0 Å². The Hall–Kier alpha value is -3.17. The van der Waals surface area contributed by atoms with E-state index in [0.29, 0.717) is 71.7 Å². The van der Waals surface area contributed by atoms with Crippen molar-refractivity contribution in [1.29, 1.82) is 0 Å². The van der Waals surface area contributed by atoms with Crippen LogP contribution in [-0.2, 0) is 23.1 Å². The molecule has 0 atom stereocenters. The Labute approximate surface area is 237 Å². The summed E-state index contributed by atoms with van der Waals surface area (Å²) in [4.78, 5) is 27.4. The van der Waals surface area contributed by atoms with Crippen molar-refractivity contribution in [2.45, 2.75) is 13.0 Å². The largest absolute Gasteiger partial charge is 0.489 e. The third-order valence-electron chi connectivity index (χ3n) is 6.82. The van der Waals surface area contributed by atoms with Gasteiger partial charge in [0.25, 0.3) is 5.91 Å². The molecule has 1 amide bonds. The van der Waals surface area contributed by atoms with Crippen LogP contribution in [0.1, 0.15) is 37.4 Å². The number of amides is 1. The molecule has 0 spiro atoms. The SMILES string of the molecule is CS(=O)(=O)N1CCN(C(=O)c2ccc(COc3ccc4c(c3)C/C(=C\c3cc(Cl)cc(Cl)c3)C4=O)cc2)CC1. The van der Waals surface area contributed by atoms with E-state index in [2.05, 4.69) is 0 Å². The number of fused-ring (bicyclic) bond motifs is 1. The van der Waals surface area contributed by atoms with Crippen LogP contribution in [0.25, 0.3) is 6.08 Å². The summed E-state index contributed by atoms with van der Waals surface area (Å²) in [6.07, 6.45) is 3.49. The molecule has 0 radical (unpaired) electrons. The number of carbonyl (C=O) groups excluding carboxylic acids is 2. The average Bonchev–Trinajstić information content (AvgIpc) is 3.20. The Kier molecular flexibility index (Phi) is 7.82. The van der Waals surface area contributed by atoms with E-state index in [1.807, 2.05) is 24.3 Å². The average molecular weight is 586 g/mol. The number of hydrogen-bond donors (Lipinski definition) is 0. The molecule has 10 heteroatoms. The predicted molar refractivity (Wildman–Crippen MR) is 152 cm³/mol. The molecule has 3 aromatic carbocycles. The Morgan fingerprint density at radius 3 is 2.26 bits per heavy atom. The lowest BCUT2D eigenvalue weighted by Crippen LogP contribution is -2.50. The van der Waals surface area contributed by atoms with Gasteiger partial charge in [-0.15, -0.1) is 0 Å². The lowest BCUT2D eigenvalue weighted by molar-refractivity contribution is 0.0698. The molecule has 0 bridgehead atoms. The number of ether oxygens (including phenoxy) is 1. The van der Waals surface area contributed by atoms with E-state index >= 15 is 0 Å². The first kappa shape index (κ1) is 27.4. The number of allylic oxidation sites excluding steroid dienone is 1. The van der Waals surface area contributed by atoms with Crippen LogP contribution in [0.3, 0.4) is 0 Å². The van der Waals surface area contributed by atoms with Gasteiger partial charge in [-0.05, 0) is 71.3 Å². The Balaban J connectivity index is 1.19. The first-order valence-corrected chi connectivity index (χ1v) is 15.0. The normalized spacial score (nSPS) is 16.9. The molecule has 1 saturated heterocycles. The van der Waals surface area contributed by atoms with E-state index in [1.165, 1.54) is 10.6 Å². The van der Waals surface area contributed by atoms with Gasteiger partial charge in [-0.1, -0.05) is 35.3 Å². The van der Waals surface area contributed by atoms with Gasteiger partial charge in [0.05, 0.1) is 6.26 Å². The Bertz CT molecular complexity index is 1560. The molecule has 2 aliphatic rings. The highest BCUT2D eigenvalue weighted by Gasteiger charge is 2.27. The number of rotatable bonds is 6. The second-order valence-electron chi connectivity index (χ2n) is 9.64. The van der Waals surface area contributed by atoms with Crippen LogP contribution in [0.2, 0.25) is 10.0 Å². The van der Waals surface area contributed by atoms with Crippen molar-refractivity contribution in [2.75, 3.05) is 32.4 Å². The quantitative estimate of drug-likeness (QED) is 0.376. The third kappa shape index (κ3) is 6.36. The topological polar surface area (TPSA) is 84.0 Å². The van der Waals surface area contributed by atoms with Gasteiger partial charge in [-0.3, -0.25) is 9.59 Å². The van der Waals surface area contributed by atoms with E-state index in [-0.39, 0.29) is 11.7 Å². The van der Waals surface area contributed by atoms with Crippen LogP contribution < -0.4 is 4.74 Å². The molecule has 3 aromatic rings. The van der Waals surface area contributed by atoms with Crippen LogP contribution in [0.4, 0.5) is 0 Å². The van der Waals surface area contributed by atoms with Crippen molar-refractivity contribution in [1.82, 2.24) is 9.21 Å². The zero-order valence-electron chi connectivity index (χ0n) is 21.2. The molecular weight excluding hydrogens is 559 g/mol. The molecule has 202 valence electrons. The Morgan fingerprint density at radius 2 is 1.62 bits per heavy atom. The zero-order chi connectivity index (χ0) is 27.7. The number of Topliss-reactive ketones (excluding diaryl/α,β-unsaturated/α-hetero) is 1. The first-order chi connectivity index (χ1) is 18.6. The number of carbonyl (C=O) groups is 2. The highest BCUT2D eigenvalue weighted by Crippen LogP contribution is 2.32. The maximum absolute atomic E-state index is 12.9. The fourth-order valence-corrected chi connectivity index (χ4v) is 6.15. The van der Waals surface area contributed by atoms with E-state index in [1.54, 1.807) is 47.4 Å². The summed E-state index contributed by atoms with van der Waals surface area (Å²) in [6, 6.07) is 17.8. The van der Waals surface area contributed by atoms with Crippen molar-refractivity contribution in [3.8, 4) is 5.75 Å². The summed E-state index contributed by atoms with van der Waals surface area (Å²) >= 11 is 12.2. The Morgan fingerprint density at radius 1 is 0.949 bits per heavy atom. The molecule has 5 rings (SSSR count). The number of benzene rings is 3. The summed E-state index contributed by atoms with van der Waals surface area (Å²) < 4.78 is 30.7. The van der Waals surface area contributed by atoms with Crippen molar-refractivity contribution in [3.05, 3.63) is 104 Å². The molecule has 1 aliphatic heterocycles.